The van der Waals surface area contributed by atoms with Crippen molar-refractivity contribution in [3.8, 4) is 11.5 Å². The molecule has 0 radical (unpaired) electrons. The Hall–Kier alpha value is -4.94. The quantitative estimate of drug-likeness (QED) is 0.103. The van der Waals surface area contributed by atoms with E-state index in [0.29, 0.717) is 13.1 Å². The number of nitro groups is 4. The van der Waals surface area contributed by atoms with Gasteiger partial charge in [0.2, 0.25) is 11.5 Å². The average Bonchev–Trinajstić information content (AvgIpc) is 2.88. The number of non-ortho nitro benzene ring substituents is 2. The van der Waals surface area contributed by atoms with Crippen LogP contribution in [0.2, 0.25) is 0 Å². The lowest BCUT2D eigenvalue weighted by Gasteiger charge is -2.08. The van der Waals surface area contributed by atoms with Crippen LogP contribution >= 0.6 is 0 Å². The van der Waals surface area contributed by atoms with Crippen molar-refractivity contribution in [2.24, 2.45) is 0 Å². The van der Waals surface area contributed by atoms with Crippen LogP contribution in [0.25, 0.3) is 0 Å². The highest BCUT2D eigenvalue weighted by atomic mass is 19.4. The molecule has 0 saturated heterocycles. The summed E-state index contributed by atoms with van der Waals surface area (Å²) in [5.41, 5.74) is -8.63. The van der Waals surface area contributed by atoms with Gasteiger partial charge in [-0.2, -0.15) is 26.3 Å². The Labute approximate surface area is 240 Å². The summed E-state index contributed by atoms with van der Waals surface area (Å²) in [6, 6.07) is 0.569. The highest BCUT2D eigenvalue weighted by Crippen LogP contribution is 2.44. The minimum atomic E-state index is -5.12. The number of alkyl halides is 6. The first-order valence-corrected chi connectivity index (χ1v) is 11.1. The summed E-state index contributed by atoms with van der Waals surface area (Å²) in [4.78, 5) is 36.2. The number of phenolic OH excluding ortho intramolecular Hbond substituents is 2. The Kier molecular flexibility index (Phi) is 17.4. The van der Waals surface area contributed by atoms with Gasteiger partial charge in [0.05, 0.1) is 45.0 Å². The molecule has 24 heteroatoms. The molecule has 248 valence electrons. The zero-order valence-electron chi connectivity index (χ0n) is 22.2. The maximum Gasteiger partial charge on any atom is 0.420 e. The summed E-state index contributed by atoms with van der Waals surface area (Å²) in [6.45, 7) is 1.42. The molecule has 0 spiro atoms. The average molecular weight is 654 g/mol. The molecule has 0 fully saturated rings. The fourth-order valence-electron chi connectivity index (χ4n) is 2.41. The van der Waals surface area contributed by atoms with E-state index in [1.807, 2.05) is 14.1 Å². The van der Waals surface area contributed by atoms with E-state index < -0.39 is 77.4 Å². The van der Waals surface area contributed by atoms with Crippen LogP contribution in [0.1, 0.15) is 11.1 Å². The number of aliphatic hydroxyl groups excluding tert-OH is 2. The summed E-state index contributed by atoms with van der Waals surface area (Å²) >= 11 is 0. The second-order valence-corrected chi connectivity index (χ2v) is 7.44. The van der Waals surface area contributed by atoms with E-state index in [1.54, 1.807) is 0 Å². The fraction of sp³-hybridized carbons (Fsp3) is 0.400. The number of hydrogen-bond acceptors (Lipinski definition) is 14. The first-order chi connectivity index (χ1) is 20.1. The molecule has 0 aromatic heterocycles. The largest absolute Gasteiger partial charge is 0.502 e. The molecular formula is C20H24F6N6O12. The zero-order valence-corrected chi connectivity index (χ0v) is 22.2. The summed E-state index contributed by atoms with van der Waals surface area (Å²) in [5, 5.41) is 81.1. The van der Waals surface area contributed by atoms with E-state index in [-0.39, 0.29) is 37.5 Å². The molecule has 2 aromatic carbocycles. The van der Waals surface area contributed by atoms with Crippen LogP contribution in [-0.2, 0) is 12.4 Å². The van der Waals surface area contributed by atoms with Crippen molar-refractivity contribution in [1.29, 1.82) is 0 Å². The van der Waals surface area contributed by atoms with Gasteiger partial charge >= 0.3 is 23.7 Å². The number of benzene rings is 2. The van der Waals surface area contributed by atoms with Crippen molar-refractivity contribution in [1.82, 2.24) is 10.6 Å². The molecule has 0 bridgehead atoms. The number of nitro benzene ring substituents is 4. The van der Waals surface area contributed by atoms with Crippen LogP contribution in [-0.4, -0.2) is 80.5 Å². The number of phenols is 2. The predicted molar refractivity (Wildman–Crippen MR) is 135 cm³/mol. The van der Waals surface area contributed by atoms with Crippen molar-refractivity contribution in [3.05, 3.63) is 75.8 Å². The topological polar surface area (TPSA) is 278 Å². The third-order valence-electron chi connectivity index (χ3n) is 4.15. The number of hydrogen-bond donors (Lipinski definition) is 6. The molecule has 0 atom stereocenters. The Balaban J connectivity index is 0. The van der Waals surface area contributed by atoms with Crippen molar-refractivity contribution in [2.75, 3.05) is 40.4 Å². The van der Waals surface area contributed by atoms with Gasteiger partial charge in [0, 0.05) is 25.2 Å². The molecule has 0 aliphatic carbocycles. The Bertz CT molecular complexity index is 1200. The van der Waals surface area contributed by atoms with Crippen LogP contribution in [0.4, 0.5) is 49.1 Å². The SMILES string of the molecule is CNC.O=[N+]([O-])c1cc([N+](=O)[O-])c(O)c(C(F)(F)F)c1.O=[N+]([O-])c1cc([N+](=O)[O-])c(O)c(C(F)(F)F)c1.OCCNCCO. The fourth-order valence-corrected chi connectivity index (χ4v) is 2.41. The monoisotopic (exact) mass is 654 g/mol. The minimum Gasteiger partial charge on any atom is -0.502 e. The minimum absolute atomic E-state index is 0.0301. The molecule has 2 aromatic rings. The number of halogens is 6. The molecule has 0 amide bonds. The predicted octanol–water partition coefficient (Wildman–Crippen LogP) is 2.85. The summed E-state index contributed by atoms with van der Waals surface area (Å²) in [5.74, 6) is -3.29. The number of rotatable bonds is 8. The van der Waals surface area contributed by atoms with Crippen molar-refractivity contribution in [3.63, 3.8) is 0 Å². The summed E-state index contributed by atoms with van der Waals surface area (Å²) < 4.78 is 74.0. The van der Waals surface area contributed by atoms with Gasteiger partial charge in [-0.1, -0.05) is 0 Å². The number of nitrogens with one attached hydrogen (secondary N) is 2. The summed E-state index contributed by atoms with van der Waals surface area (Å²) in [7, 11) is 3.75. The van der Waals surface area contributed by atoms with Crippen LogP contribution in [0, 0.1) is 40.5 Å². The van der Waals surface area contributed by atoms with Gasteiger partial charge in [0.1, 0.15) is 11.1 Å². The van der Waals surface area contributed by atoms with Gasteiger partial charge in [0.15, 0.2) is 0 Å². The Morgan fingerprint density at radius 3 is 1.09 bits per heavy atom. The van der Waals surface area contributed by atoms with Gasteiger partial charge in [-0.15, -0.1) is 0 Å². The molecule has 44 heavy (non-hydrogen) atoms. The van der Waals surface area contributed by atoms with E-state index in [4.69, 9.17) is 20.4 Å². The lowest BCUT2D eigenvalue weighted by atomic mass is 10.1. The Morgan fingerprint density at radius 1 is 0.636 bits per heavy atom. The first-order valence-electron chi connectivity index (χ1n) is 11.1. The maximum atomic E-state index is 12.3. The molecule has 0 aliphatic rings. The van der Waals surface area contributed by atoms with Crippen LogP contribution in [0.5, 0.6) is 11.5 Å². The third-order valence-corrected chi connectivity index (χ3v) is 4.15. The van der Waals surface area contributed by atoms with E-state index in [1.165, 1.54) is 0 Å². The molecule has 18 nitrogen and oxygen atoms in total. The second-order valence-electron chi connectivity index (χ2n) is 7.44. The normalized spacial score (nSPS) is 10.6. The molecule has 2 rings (SSSR count). The van der Waals surface area contributed by atoms with Gasteiger partial charge in [-0.05, 0) is 14.1 Å². The van der Waals surface area contributed by atoms with E-state index >= 15 is 0 Å². The number of nitrogens with zero attached hydrogens (tertiary/aromatic N) is 4. The Morgan fingerprint density at radius 2 is 0.909 bits per heavy atom. The zero-order chi connectivity index (χ0) is 35.0. The van der Waals surface area contributed by atoms with Crippen LogP contribution in [0.3, 0.4) is 0 Å². The standard InChI is InChI=1S/2C7H3F3N2O5.C4H11NO2.C2H7N/c2*8-7(9,10)4-1-3(11(14)15)2-5(6(4)13)12(16)17;6-3-1-5-2-4-7;1-3-2/h2*1-2,13H;5-7H,1-4H2;3H,1-2H3. The lowest BCUT2D eigenvalue weighted by Crippen LogP contribution is -2.21. The van der Waals surface area contributed by atoms with Gasteiger partial charge < -0.3 is 31.1 Å². The van der Waals surface area contributed by atoms with Crippen molar-refractivity contribution < 1.29 is 66.5 Å². The van der Waals surface area contributed by atoms with Gasteiger partial charge in [-0.3, -0.25) is 40.5 Å². The molecule has 0 unspecified atom stereocenters. The van der Waals surface area contributed by atoms with Crippen LogP contribution in [0.15, 0.2) is 24.3 Å². The molecular weight excluding hydrogens is 630 g/mol. The number of aliphatic hydroxyl groups is 2. The number of aromatic hydroxyl groups is 2. The van der Waals surface area contributed by atoms with Crippen molar-refractivity contribution in [2.45, 2.75) is 12.4 Å². The highest BCUT2D eigenvalue weighted by Gasteiger charge is 2.40. The lowest BCUT2D eigenvalue weighted by molar-refractivity contribution is -0.395. The molecule has 0 heterocycles. The smallest absolute Gasteiger partial charge is 0.420 e. The van der Waals surface area contributed by atoms with Gasteiger partial charge in [-0.25, -0.2) is 0 Å². The highest BCUT2D eigenvalue weighted by molar-refractivity contribution is 5.59. The first kappa shape index (κ1) is 41.2. The van der Waals surface area contributed by atoms with Gasteiger partial charge in [0.25, 0.3) is 11.4 Å². The second kappa shape index (κ2) is 18.6. The maximum absolute atomic E-state index is 12.3. The van der Waals surface area contributed by atoms with E-state index in [0.717, 1.165) is 0 Å². The molecule has 0 saturated carbocycles. The molecule has 6 N–H and O–H groups in total. The summed E-state index contributed by atoms with van der Waals surface area (Å²) in [6.07, 6.45) is -10.2. The van der Waals surface area contributed by atoms with Crippen molar-refractivity contribution >= 4 is 22.7 Å². The van der Waals surface area contributed by atoms with E-state index in [2.05, 4.69) is 10.6 Å². The van der Waals surface area contributed by atoms with Crippen LogP contribution < -0.4 is 10.6 Å². The third kappa shape index (κ3) is 13.8. The molecule has 0 aliphatic heterocycles. The van der Waals surface area contributed by atoms with E-state index in [9.17, 15) is 66.8 Å².